The second-order valence-corrected chi connectivity index (χ2v) is 6.91. The molecule has 1 unspecified atom stereocenters. The minimum atomic E-state index is 0.120. The van der Waals surface area contributed by atoms with Crippen LogP contribution in [-0.2, 0) is 4.74 Å². The van der Waals surface area contributed by atoms with Gasteiger partial charge in [0.2, 0.25) is 0 Å². The van der Waals surface area contributed by atoms with E-state index in [2.05, 4.69) is 11.9 Å². The molecule has 1 spiro atoms. The van der Waals surface area contributed by atoms with E-state index in [9.17, 15) is 4.79 Å². The third-order valence-electron chi connectivity index (χ3n) is 4.35. The molecule has 0 radical (unpaired) electrons. The molecule has 110 valence electrons. The Balaban J connectivity index is 1.74. The maximum Gasteiger partial charge on any atom is 0.254 e. The highest BCUT2D eigenvalue weighted by Crippen LogP contribution is 2.33. The number of rotatable bonds is 1. The van der Waals surface area contributed by atoms with Gasteiger partial charge in [0.25, 0.3) is 5.91 Å². The van der Waals surface area contributed by atoms with E-state index in [-0.39, 0.29) is 11.3 Å². The lowest BCUT2D eigenvalue weighted by Gasteiger charge is -2.43. The van der Waals surface area contributed by atoms with Gasteiger partial charge in [0.15, 0.2) is 0 Å². The lowest BCUT2D eigenvalue weighted by molar-refractivity contribution is 0.00863. The number of hydrogen-bond acceptors (Lipinski definition) is 4. The van der Waals surface area contributed by atoms with Gasteiger partial charge in [-0.2, -0.15) is 11.3 Å². The number of likely N-dealkylation sites (N-methyl/N-ethyl adjacent to an activating group) is 1. The van der Waals surface area contributed by atoms with Gasteiger partial charge in [-0.1, -0.05) is 0 Å². The van der Waals surface area contributed by atoms with Gasteiger partial charge in [0.05, 0.1) is 18.8 Å². The normalized spacial score (nSPS) is 28.6. The summed E-state index contributed by atoms with van der Waals surface area (Å²) in [6, 6.07) is 1.92. The summed E-state index contributed by atoms with van der Waals surface area (Å²) in [6.45, 7) is 5.30. The summed E-state index contributed by atoms with van der Waals surface area (Å²) < 4.78 is 5.80. The molecule has 0 aromatic carbocycles. The van der Waals surface area contributed by atoms with Crippen molar-refractivity contribution in [3.63, 3.8) is 0 Å². The lowest BCUT2D eigenvalue weighted by atomic mass is 9.80. The van der Waals surface area contributed by atoms with E-state index in [1.54, 1.807) is 11.3 Å². The number of hydrogen-bond donors (Lipinski definition) is 0. The topological polar surface area (TPSA) is 32.8 Å². The van der Waals surface area contributed by atoms with Gasteiger partial charge in [0, 0.05) is 37.0 Å². The molecule has 2 fully saturated rings. The fraction of sp³-hybridized carbons (Fsp3) is 0.667. The maximum absolute atomic E-state index is 12.5. The second kappa shape index (κ2) is 5.84. The fourth-order valence-corrected chi connectivity index (χ4v) is 4.03. The van der Waals surface area contributed by atoms with Gasteiger partial charge in [0.1, 0.15) is 0 Å². The predicted octanol–water partition coefficient (Wildman–Crippen LogP) is 1.93. The standard InChI is InChI=1S/C15H22N2O2S/c1-16-6-7-19-12-15(10-16)4-2-5-17(11-15)14(18)13-3-8-20-9-13/h3,8-9H,2,4-7,10-12H2,1H3. The molecule has 1 aromatic rings. The molecule has 2 aliphatic heterocycles. The van der Waals surface area contributed by atoms with Gasteiger partial charge >= 0.3 is 0 Å². The molecule has 4 nitrogen and oxygen atoms in total. The first kappa shape index (κ1) is 14.0. The highest BCUT2D eigenvalue weighted by atomic mass is 32.1. The quantitative estimate of drug-likeness (QED) is 0.793. The molecule has 3 heterocycles. The van der Waals surface area contributed by atoms with Crippen molar-refractivity contribution in [2.24, 2.45) is 5.41 Å². The van der Waals surface area contributed by atoms with Gasteiger partial charge in [-0.3, -0.25) is 4.79 Å². The van der Waals surface area contributed by atoms with E-state index >= 15 is 0 Å². The maximum atomic E-state index is 12.5. The first-order chi connectivity index (χ1) is 9.69. The van der Waals surface area contributed by atoms with E-state index < -0.39 is 0 Å². The van der Waals surface area contributed by atoms with Crippen molar-refractivity contribution in [2.45, 2.75) is 12.8 Å². The molecule has 2 aliphatic rings. The summed E-state index contributed by atoms with van der Waals surface area (Å²) >= 11 is 1.58. The Hall–Kier alpha value is -0.910. The van der Waals surface area contributed by atoms with Crippen molar-refractivity contribution in [1.82, 2.24) is 9.80 Å². The van der Waals surface area contributed by atoms with Crippen molar-refractivity contribution in [1.29, 1.82) is 0 Å². The number of piperidine rings is 1. The largest absolute Gasteiger partial charge is 0.379 e. The molecule has 2 saturated heterocycles. The van der Waals surface area contributed by atoms with E-state index in [0.29, 0.717) is 0 Å². The Morgan fingerprint density at radius 2 is 2.30 bits per heavy atom. The van der Waals surface area contributed by atoms with Crippen LogP contribution < -0.4 is 0 Å². The van der Waals surface area contributed by atoms with Gasteiger partial charge in [-0.05, 0) is 31.3 Å². The SMILES string of the molecule is CN1CCOCC2(CCCN(C(=O)c3ccsc3)C2)C1. The van der Waals surface area contributed by atoms with Crippen molar-refractivity contribution in [2.75, 3.05) is 46.4 Å². The van der Waals surface area contributed by atoms with Crippen molar-refractivity contribution >= 4 is 17.2 Å². The molecular weight excluding hydrogens is 272 g/mol. The van der Waals surface area contributed by atoms with Gasteiger partial charge < -0.3 is 14.5 Å². The number of carbonyl (C=O) groups excluding carboxylic acids is 1. The Bertz CT molecular complexity index is 462. The number of carbonyl (C=O) groups is 1. The highest BCUT2D eigenvalue weighted by Gasteiger charge is 2.39. The van der Waals surface area contributed by atoms with Crippen LogP contribution in [0.5, 0.6) is 0 Å². The Morgan fingerprint density at radius 3 is 3.10 bits per heavy atom. The summed E-state index contributed by atoms with van der Waals surface area (Å²) in [4.78, 5) is 16.9. The van der Waals surface area contributed by atoms with E-state index in [1.807, 2.05) is 21.7 Å². The van der Waals surface area contributed by atoms with E-state index in [1.165, 1.54) is 0 Å². The number of nitrogens with zero attached hydrogens (tertiary/aromatic N) is 2. The van der Waals surface area contributed by atoms with Crippen LogP contribution in [0.25, 0.3) is 0 Å². The number of thiophene rings is 1. The van der Waals surface area contributed by atoms with Crippen LogP contribution in [0.15, 0.2) is 16.8 Å². The van der Waals surface area contributed by atoms with E-state index in [0.717, 1.165) is 57.8 Å². The Kier molecular flexibility index (Phi) is 4.10. The van der Waals surface area contributed by atoms with Crippen LogP contribution in [0.2, 0.25) is 0 Å². The zero-order chi connectivity index (χ0) is 14.0. The molecule has 1 amide bonds. The first-order valence-corrected chi connectivity index (χ1v) is 8.21. The number of amides is 1. The predicted molar refractivity (Wildman–Crippen MR) is 80.2 cm³/mol. The Morgan fingerprint density at radius 1 is 1.40 bits per heavy atom. The minimum Gasteiger partial charge on any atom is -0.379 e. The van der Waals surface area contributed by atoms with Crippen molar-refractivity contribution < 1.29 is 9.53 Å². The molecule has 20 heavy (non-hydrogen) atoms. The molecule has 0 bridgehead atoms. The van der Waals surface area contributed by atoms with Crippen LogP contribution in [0.3, 0.4) is 0 Å². The highest BCUT2D eigenvalue weighted by molar-refractivity contribution is 7.08. The molecule has 0 N–H and O–H groups in total. The first-order valence-electron chi connectivity index (χ1n) is 7.26. The molecular formula is C15H22N2O2S. The molecule has 1 atom stereocenters. The van der Waals surface area contributed by atoms with Gasteiger partial charge in [-0.15, -0.1) is 0 Å². The molecule has 3 rings (SSSR count). The van der Waals surface area contributed by atoms with Crippen LogP contribution in [0, 0.1) is 5.41 Å². The minimum absolute atomic E-state index is 0.120. The summed E-state index contributed by atoms with van der Waals surface area (Å²) in [5.74, 6) is 0.178. The average molecular weight is 294 g/mol. The summed E-state index contributed by atoms with van der Waals surface area (Å²) in [6.07, 6.45) is 2.23. The Labute approximate surface area is 124 Å². The van der Waals surface area contributed by atoms with Crippen LogP contribution in [0.4, 0.5) is 0 Å². The zero-order valence-corrected chi connectivity index (χ0v) is 12.8. The molecule has 0 aliphatic carbocycles. The summed E-state index contributed by atoms with van der Waals surface area (Å²) in [7, 11) is 2.15. The average Bonchev–Trinajstić information content (AvgIpc) is 2.91. The zero-order valence-electron chi connectivity index (χ0n) is 12.0. The smallest absolute Gasteiger partial charge is 0.254 e. The number of ether oxygens (including phenoxy) is 1. The summed E-state index contributed by atoms with van der Waals surface area (Å²) in [5, 5.41) is 3.91. The molecule has 5 heteroatoms. The van der Waals surface area contributed by atoms with Crippen LogP contribution in [-0.4, -0.2) is 62.1 Å². The summed E-state index contributed by atoms with van der Waals surface area (Å²) in [5.41, 5.74) is 0.949. The molecule has 1 aromatic heterocycles. The van der Waals surface area contributed by atoms with Crippen LogP contribution in [0.1, 0.15) is 23.2 Å². The van der Waals surface area contributed by atoms with Crippen LogP contribution >= 0.6 is 11.3 Å². The third kappa shape index (κ3) is 2.90. The van der Waals surface area contributed by atoms with Crippen molar-refractivity contribution in [3.05, 3.63) is 22.4 Å². The third-order valence-corrected chi connectivity index (χ3v) is 5.03. The monoisotopic (exact) mass is 294 g/mol. The molecule has 0 saturated carbocycles. The van der Waals surface area contributed by atoms with Crippen molar-refractivity contribution in [3.8, 4) is 0 Å². The second-order valence-electron chi connectivity index (χ2n) is 6.13. The fourth-order valence-electron chi connectivity index (χ4n) is 3.40. The lowest BCUT2D eigenvalue weighted by Crippen LogP contribution is -2.51. The number of likely N-dealkylation sites (tertiary alicyclic amines) is 1. The van der Waals surface area contributed by atoms with E-state index in [4.69, 9.17) is 4.74 Å². The van der Waals surface area contributed by atoms with Gasteiger partial charge in [-0.25, -0.2) is 0 Å².